The first-order chi connectivity index (χ1) is 8.70. The van der Waals surface area contributed by atoms with Crippen LogP contribution in [0.15, 0.2) is 42.7 Å². The molecule has 0 aliphatic carbocycles. The third-order valence-electron chi connectivity index (χ3n) is 3.22. The Hall–Kier alpha value is -1.71. The maximum absolute atomic E-state index is 5.67. The van der Waals surface area contributed by atoms with Crippen LogP contribution in [-0.4, -0.2) is 4.98 Å². The molecule has 0 spiro atoms. The molecule has 1 aromatic carbocycles. The summed E-state index contributed by atoms with van der Waals surface area (Å²) < 4.78 is 0. The Morgan fingerprint density at radius 1 is 1.17 bits per heavy atom. The van der Waals surface area contributed by atoms with E-state index in [1.165, 1.54) is 16.7 Å². The topological polar surface area (TPSA) is 50.9 Å². The highest BCUT2D eigenvalue weighted by Gasteiger charge is 2.12. The smallest absolute Gasteiger partial charge is 0.0518 e. The van der Waals surface area contributed by atoms with Crippen molar-refractivity contribution in [1.29, 1.82) is 0 Å². The second kappa shape index (κ2) is 5.76. The average Bonchev–Trinajstić information content (AvgIpc) is 2.39. The number of nitrogens with one attached hydrogen (secondary N) is 1. The van der Waals surface area contributed by atoms with Crippen LogP contribution in [0.4, 0.5) is 0 Å². The minimum absolute atomic E-state index is 0.0985. The van der Waals surface area contributed by atoms with Crippen molar-refractivity contribution in [3.63, 3.8) is 0 Å². The van der Waals surface area contributed by atoms with Gasteiger partial charge in [0.2, 0.25) is 0 Å². The summed E-state index contributed by atoms with van der Waals surface area (Å²) in [5.41, 5.74) is 7.79. The number of aryl methyl sites for hydroxylation is 2. The Morgan fingerprint density at radius 2 is 1.89 bits per heavy atom. The number of nitrogens with two attached hydrogens (primary N) is 1. The summed E-state index contributed by atoms with van der Waals surface area (Å²) in [7, 11) is 0. The molecule has 2 rings (SSSR count). The van der Waals surface area contributed by atoms with Crippen LogP contribution in [0.5, 0.6) is 0 Å². The number of aromatic nitrogens is 1. The van der Waals surface area contributed by atoms with E-state index in [2.05, 4.69) is 48.5 Å². The summed E-state index contributed by atoms with van der Waals surface area (Å²) in [6.07, 6.45) is 4.55. The molecule has 94 valence electrons. The third-order valence-corrected chi connectivity index (χ3v) is 3.22. The third kappa shape index (κ3) is 2.94. The molecular formula is C15H19N3. The number of rotatable bonds is 4. The van der Waals surface area contributed by atoms with E-state index in [4.69, 9.17) is 5.84 Å². The molecule has 0 aliphatic rings. The van der Waals surface area contributed by atoms with Crippen molar-refractivity contribution in [2.75, 3.05) is 0 Å². The monoisotopic (exact) mass is 241 g/mol. The molecule has 0 radical (unpaired) electrons. The summed E-state index contributed by atoms with van der Waals surface area (Å²) in [5.74, 6) is 5.67. The maximum Gasteiger partial charge on any atom is 0.0518 e. The normalized spacial score (nSPS) is 12.4. The van der Waals surface area contributed by atoms with Gasteiger partial charge in [-0.15, -0.1) is 0 Å². The molecular weight excluding hydrogens is 222 g/mol. The summed E-state index contributed by atoms with van der Waals surface area (Å²) in [6.45, 7) is 4.17. The lowest BCUT2D eigenvalue weighted by atomic mass is 9.97. The first kappa shape index (κ1) is 12.7. The molecule has 3 N–H and O–H groups in total. The van der Waals surface area contributed by atoms with Crippen LogP contribution in [0.2, 0.25) is 0 Å². The van der Waals surface area contributed by atoms with Gasteiger partial charge >= 0.3 is 0 Å². The van der Waals surface area contributed by atoms with E-state index in [1.807, 2.05) is 12.3 Å². The maximum atomic E-state index is 5.67. The van der Waals surface area contributed by atoms with Crippen molar-refractivity contribution >= 4 is 0 Å². The zero-order valence-corrected chi connectivity index (χ0v) is 10.9. The fourth-order valence-electron chi connectivity index (χ4n) is 2.06. The first-order valence-electron chi connectivity index (χ1n) is 6.13. The van der Waals surface area contributed by atoms with Gasteiger partial charge in [-0.1, -0.05) is 29.8 Å². The van der Waals surface area contributed by atoms with Crippen LogP contribution in [0.25, 0.3) is 0 Å². The van der Waals surface area contributed by atoms with Crippen molar-refractivity contribution in [1.82, 2.24) is 10.4 Å². The van der Waals surface area contributed by atoms with E-state index in [-0.39, 0.29) is 6.04 Å². The number of hydrazine groups is 1. The quantitative estimate of drug-likeness (QED) is 0.638. The highest BCUT2D eigenvalue weighted by Crippen LogP contribution is 2.20. The number of hydrogen-bond donors (Lipinski definition) is 2. The van der Waals surface area contributed by atoms with Gasteiger partial charge in [0.25, 0.3) is 0 Å². The standard InChI is InChI=1S/C15H19N3/c1-11-3-5-13(6-4-11)9-15(18-16)14-10-17-8-7-12(14)2/h3-8,10,15,18H,9,16H2,1-2H3. The first-order valence-corrected chi connectivity index (χ1v) is 6.13. The van der Waals surface area contributed by atoms with Crippen molar-refractivity contribution in [2.45, 2.75) is 26.3 Å². The zero-order valence-electron chi connectivity index (χ0n) is 10.9. The molecule has 0 saturated carbocycles. The van der Waals surface area contributed by atoms with Crippen LogP contribution in [0, 0.1) is 13.8 Å². The fraction of sp³-hybridized carbons (Fsp3) is 0.267. The predicted octanol–water partition coefficient (Wildman–Crippen LogP) is 2.45. The molecule has 0 aliphatic heterocycles. The van der Waals surface area contributed by atoms with Gasteiger partial charge in [0.05, 0.1) is 6.04 Å². The van der Waals surface area contributed by atoms with Gasteiger partial charge in [-0.3, -0.25) is 16.3 Å². The molecule has 0 amide bonds. The Balaban J connectivity index is 2.20. The molecule has 0 fully saturated rings. The van der Waals surface area contributed by atoms with E-state index in [0.29, 0.717) is 0 Å². The minimum Gasteiger partial charge on any atom is -0.271 e. The minimum atomic E-state index is 0.0985. The summed E-state index contributed by atoms with van der Waals surface area (Å²) in [4.78, 5) is 4.17. The summed E-state index contributed by atoms with van der Waals surface area (Å²) in [5, 5.41) is 0. The van der Waals surface area contributed by atoms with E-state index < -0.39 is 0 Å². The Kier molecular flexibility index (Phi) is 4.07. The number of benzene rings is 1. The SMILES string of the molecule is Cc1ccc(CC(NN)c2cnccc2C)cc1. The van der Waals surface area contributed by atoms with Gasteiger partial charge < -0.3 is 0 Å². The summed E-state index contributed by atoms with van der Waals surface area (Å²) in [6, 6.07) is 10.6. The number of hydrogen-bond acceptors (Lipinski definition) is 3. The Labute approximate surface area is 108 Å². The highest BCUT2D eigenvalue weighted by atomic mass is 15.2. The molecule has 0 bridgehead atoms. The molecule has 1 heterocycles. The largest absolute Gasteiger partial charge is 0.271 e. The molecule has 1 atom stereocenters. The lowest BCUT2D eigenvalue weighted by molar-refractivity contribution is 0.547. The van der Waals surface area contributed by atoms with Gasteiger partial charge in [-0.25, -0.2) is 0 Å². The molecule has 1 aromatic heterocycles. The van der Waals surface area contributed by atoms with E-state index >= 15 is 0 Å². The van der Waals surface area contributed by atoms with Crippen LogP contribution >= 0.6 is 0 Å². The van der Waals surface area contributed by atoms with Gasteiger partial charge in [-0.2, -0.15) is 0 Å². The lowest BCUT2D eigenvalue weighted by Crippen LogP contribution is -2.30. The molecule has 3 heteroatoms. The Morgan fingerprint density at radius 3 is 2.50 bits per heavy atom. The molecule has 2 aromatic rings. The van der Waals surface area contributed by atoms with Crippen molar-refractivity contribution in [3.05, 3.63) is 65.0 Å². The van der Waals surface area contributed by atoms with Crippen LogP contribution in [-0.2, 0) is 6.42 Å². The second-order valence-corrected chi connectivity index (χ2v) is 4.64. The van der Waals surface area contributed by atoms with Crippen LogP contribution < -0.4 is 11.3 Å². The van der Waals surface area contributed by atoms with E-state index in [0.717, 1.165) is 12.0 Å². The van der Waals surface area contributed by atoms with Crippen LogP contribution in [0.3, 0.4) is 0 Å². The van der Waals surface area contributed by atoms with Gasteiger partial charge in [0.15, 0.2) is 0 Å². The van der Waals surface area contributed by atoms with Gasteiger partial charge in [0.1, 0.15) is 0 Å². The van der Waals surface area contributed by atoms with Gasteiger partial charge in [0, 0.05) is 12.4 Å². The van der Waals surface area contributed by atoms with Gasteiger partial charge in [-0.05, 0) is 43.0 Å². The average molecular weight is 241 g/mol. The zero-order chi connectivity index (χ0) is 13.0. The number of pyridine rings is 1. The van der Waals surface area contributed by atoms with Crippen molar-refractivity contribution < 1.29 is 0 Å². The molecule has 3 nitrogen and oxygen atoms in total. The highest BCUT2D eigenvalue weighted by molar-refractivity contribution is 5.28. The molecule has 1 unspecified atom stereocenters. The van der Waals surface area contributed by atoms with Crippen molar-refractivity contribution in [2.24, 2.45) is 5.84 Å². The van der Waals surface area contributed by atoms with E-state index in [9.17, 15) is 0 Å². The lowest BCUT2D eigenvalue weighted by Gasteiger charge is -2.18. The fourth-order valence-corrected chi connectivity index (χ4v) is 2.06. The van der Waals surface area contributed by atoms with Crippen molar-refractivity contribution in [3.8, 4) is 0 Å². The van der Waals surface area contributed by atoms with Crippen LogP contribution in [0.1, 0.15) is 28.3 Å². The Bertz CT molecular complexity index is 505. The second-order valence-electron chi connectivity index (χ2n) is 4.64. The number of nitrogens with zero attached hydrogens (tertiary/aromatic N) is 1. The predicted molar refractivity (Wildman–Crippen MR) is 73.9 cm³/mol. The summed E-state index contributed by atoms with van der Waals surface area (Å²) >= 11 is 0. The molecule has 0 saturated heterocycles. The van der Waals surface area contributed by atoms with E-state index in [1.54, 1.807) is 6.20 Å². The molecule has 18 heavy (non-hydrogen) atoms.